The molecule has 1 saturated carbocycles. The van der Waals surface area contributed by atoms with Crippen LogP contribution in [0.2, 0.25) is 0 Å². The lowest BCUT2D eigenvalue weighted by Crippen LogP contribution is -2.29. The fraction of sp³-hybridized carbons (Fsp3) is 0.556. The molecule has 0 heterocycles. The lowest BCUT2D eigenvalue weighted by Gasteiger charge is -2.14. The van der Waals surface area contributed by atoms with E-state index in [0.29, 0.717) is 17.2 Å². The first kappa shape index (κ1) is 18.9. The molecule has 1 N–H and O–H groups in total. The van der Waals surface area contributed by atoms with Crippen LogP contribution in [0.4, 0.5) is 0 Å². The van der Waals surface area contributed by atoms with Crippen LogP contribution in [-0.2, 0) is 20.9 Å². The van der Waals surface area contributed by atoms with Crippen molar-refractivity contribution in [3.05, 3.63) is 17.7 Å². The zero-order valence-corrected chi connectivity index (χ0v) is 14.9. The summed E-state index contributed by atoms with van der Waals surface area (Å²) in [7, 11) is 4.59. The second-order valence-corrected chi connectivity index (χ2v) is 5.90. The van der Waals surface area contributed by atoms with Crippen molar-refractivity contribution in [1.82, 2.24) is 5.32 Å². The standard InChI is InChI=1S/C18H25NO6/c1-22-14-8-12(9-15(23-2)17(14)24-3)10-19-16(20)11-25-18(21)13-6-4-5-7-13/h8-9,13H,4-7,10-11H2,1-3H3,(H,19,20). The summed E-state index contributed by atoms with van der Waals surface area (Å²) in [4.78, 5) is 23.7. The monoisotopic (exact) mass is 351 g/mol. The Morgan fingerprint density at radius 2 is 1.64 bits per heavy atom. The minimum atomic E-state index is -0.347. The number of esters is 1. The van der Waals surface area contributed by atoms with Crippen molar-refractivity contribution in [3.63, 3.8) is 0 Å². The summed E-state index contributed by atoms with van der Waals surface area (Å²) in [6.45, 7) is -0.00369. The van der Waals surface area contributed by atoms with E-state index < -0.39 is 0 Å². The summed E-state index contributed by atoms with van der Waals surface area (Å²) < 4.78 is 20.9. The van der Waals surface area contributed by atoms with Gasteiger partial charge in [-0.1, -0.05) is 12.8 Å². The molecule has 0 unspecified atom stereocenters. The van der Waals surface area contributed by atoms with Gasteiger partial charge >= 0.3 is 5.97 Å². The Hall–Kier alpha value is -2.44. The van der Waals surface area contributed by atoms with E-state index in [4.69, 9.17) is 18.9 Å². The molecule has 7 heteroatoms. The third kappa shape index (κ3) is 5.01. The minimum absolute atomic E-state index is 0.0529. The highest BCUT2D eigenvalue weighted by Gasteiger charge is 2.24. The molecule has 1 aromatic rings. The summed E-state index contributed by atoms with van der Waals surface area (Å²) >= 11 is 0. The highest BCUT2D eigenvalue weighted by molar-refractivity contribution is 5.81. The third-order valence-electron chi connectivity index (χ3n) is 4.25. The van der Waals surface area contributed by atoms with Crippen LogP contribution in [0.25, 0.3) is 0 Å². The van der Waals surface area contributed by atoms with Gasteiger partial charge in [0.2, 0.25) is 5.75 Å². The number of rotatable bonds is 8. The van der Waals surface area contributed by atoms with E-state index in [0.717, 1.165) is 31.2 Å². The van der Waals surface area contributed by atoms with Gasteiger partial charge in [0.25, 0.3) is 5.91 Å². The van der Waals surface area contributed by atoms with Gasteiger partial charge in [-0.05, 0) is 30.5 Å². The SMILES string of the molecule is COc1cc(CNC(=O)COC(=O)C2CCCC2)cc(OC)c1OC. The Balaban J connectivity index is 1.87. The molecular formula is C18H25NO6. The van der Waals surface area contributed by atoms with Gasteiger partial charge in [-0.15, -0.1) is 0 Å². The maximum Gasteiger partial charge on any atom is 0.309 e. The summed E-state index contributed by atoms with van der Waals surface area (Å²) in [5, 5.41) is 2.72. The smallest absolute Gasteiger partial charge is 0.309 e. The number of amides is 1. The molecule has 0 atom stereocenters. The number of ether oxygens (including phenoxy) is 4. The van der Waals surface area contributed by atoms with Crippen molar-refractivity contribution in [2.45, 2.75) is 32.2 Å². The lowest BCUT2D eigenvalue weighted by molar-refractivity contribution is -0.152. The van der Waals surface area contributed by atoms with Crippen molar-refractivity contribution in [2.24, 2.45) is 5.92 Å². The summed E-state index contributed by atoms with van der Waals surface area (Å²) in [6.07, 6.45) is 3.80. The fourth-order valence-corrected chi connectivity index (χ4v) is 2.91. The molecule has 0 radical (unpaired) electrons. The number of benzene rings is 1. The molecular weight excluding hydrogens is 326 g/mol. The zero-order valence-electron chi connectivity index (χ0n) is 14.9. The molecule has 1 fully saturated rings. The van der Waals surface area contributed by atoms with Crippen LogP contribution in [0.15, 0.2) is 12.1 Å². The predicted octanol–water partition coefficient (Wildman–Crippen LogP) is 2.06. The lowest BCUT2D eigenvalue weighted by atomic mass is 10.1. The van der Waals surface area contributed by atoms with Crippen molar-refractivity contribution >= 4 is 11.9 Å². The largest absolute Gasteiger partial charge is 0.493 e. The molecule has 138 valence electrons. The molecule has 2 rings (SSSR count). The third-order valence-corrected chi connectivity index (χ3v) is 4.25. The van der Waals surface area contributed by atoms with Crippen LogP contribution in [0, 0.1) is 5.92 Å². The molecule has 0 spiro atoms. The van der Waals surface area contributed by atoms with E-state index >= 15 is 0 Å². The molecule has 0 aliphatic heterocycles. The van der Waals surface area contributed by atoms with Crippen LogP contribution in [0.1, 0.15) is 31.2 Å². The number of hydrogen-bond acceptors (Lipinski definition) is 6. The number of carbonyl (C=O) groups excluding carboxylic acids is 2. The first-order valence-corrected chi connectivity index (χ1v) is 8.31. The van der Waals surface area contributed by atoms with Gasteiger partial charge in [0, 0.05) is 6.54 Å². The van der Waals surface area contributed by atoms with Gasteiger partial charge < -0.3 is 24.3 Å². The summed E-state index contributed by atoms with van der Waals surface area (Å²) in [5.74, 6) is 0.839. The number of hydrogen-bond donors (Lipinski definition) is 1. The Morgan fingerprint density at radius 3 is 2.16 bits per heavy atom. The highest BCUT2D eigenvalue weighted by atomic mass is 16.5. The van der Waals surface area contributed by atoms with Crippen molar-refractivity contribution in [3.8, 4) is 17.2 Å². The van der Waals surface area contributed by atoms with Crippen molar-refractivity contribution in [2.75, 3.05) is 27.9 Å². The van der Waals surface area contributed by atoms with Gasteiger partial charge in [-0.25, -0.2) is 0 Å². The van der Waals surface area contributed by atoms with Gasteiger partial charge in [0.15, 0.2) is 18.1 Å². The van der Waals surface area contributed by atoms with E-state index in [1.165, 1.54) is 21.3 Å². The highest BCUT2D eigenvalue weighted by Crippen LogP contribution is 2.38. The van der Waals surface area contributed by atoms with E-state index in [1.54, 1.807) is 12.1 Å². The molecule has 0 saturated heterocycles. The molecule has 1 aliphatic carbocycles. The molecule has 1 aromatic carbocycles. The van der Waals surface area contributed by atoms with E-state index in [9.17, 15) is 9.59 Å². The van der Waals surface area contributed by atoms with Crippen LogP contribution in [-0.4, -0.2) is 39.8 Å². The molecule has 7 nitrogen and oxygen atoms in total. The quantitative estimate of drug-likeness (QED) is 0.722. The molecule has 25 heavy (non-hydrogen) atoms. The van der Waals surface area contributed by atoms with Crippen LogP contribution in [0.5, 0.6) is 17.2 Å². The summed E-state index contributed by atoms with van der Waals surface area (Å²) in [6, 6.07) is 3.51. The van der Waals surface area contributed by atoms with E-state index in [2.05, 4.69) is 5.32 Å². The number of nitrogens with one attached hydrogen (secondary N) is 1. The van der Waals surface area contributed by atoms with E-state index in [-0.39, 0.29) is 30.9 Å². The molecule has 0 aromatic heterocycles. The average Bonchev–Trinajstić information content (AvgIpc) is 3.18. The number of methoxy groups -OCH3 is 3. The van der Waals surface area contributed by atoms with Crippen LogP contribution in [0.3, 0.4) is 0 Å². The predicted molar refractivity (Wildman–Crippen MR) is 90.9 cm³/mol. The first-order valence-electron chi connectivity index (χ1n) is 8.31. The van der Waals surface area contributed by atoms with Crippen LogP contribution >= 0.6 is 0 Å². The molecule has 1 aliphatic rings. The second kappa shape index (κ2) is 9.15. The van der Waals surface area contributed by atoms with Crippen LogP contribution < -0.4 is 19.5 Å². The first-order chi connectivity index (χ1) is 12.1. The van der Waals surface area contributed by atoms with Gasteiger partial charge in [0.1, 0.15) is 0 Å². The van der Waals surface area contributed by atoms with Gasteiger partial charge in [0.05, 0.1) is 27.2 Å². The Morgan fingerprint density at radius 1 is 1.04 bits per heavy atom. The van der Waals surface area contributed by atoms with Crippen molar-refractivity contribution < 1.29 is 28.5 Å². The average molecular weight is 351 g/mol. The normalized spacial score (nSPS) is 14.0. The Kier molecular flexibility index (Phi) is 6.91. The van der Waals surface area contributed by atoms with Gasteiger partial charge in [-0.2, -0.15) is 0 Å². The van der Waals surface area contributed by atoms with Gasteiger partial charge in [-0.3, -0.25) is 9.59 Å². The fourth-order valence-electron chi connectivity index (χ4n) is 2.91. The molecule has 1 amide bonds. The number of carbonyl (C=O) groups is 2. The second-order valence-electron chi connectivity index (χ2n) is 5.90. The summed E-state index contributed by atoms with van der Waals surface area (Å²) in [5.41, 5.74) is 0.782. The maximum absolute atomic E-state index is 11.9. The Bertz CT molecular complexity index is 585. The minimum Gasteiger partial charge on any atom is -0.493 e. The Labute approximate surface area is 147 Å². The zero-order chi connectivity index (χ0) is 18.2. The van der Waals surface area contributed by atoms with Crippen molar-refractivity contribution in [1.29, 1.82) is 0 Å². The topological polar surface area (TPSA) is 83.1 Å². The molecule has 0 bridgehead atoms. The van der Waals surface area contributed by atoms with E-state index in [1.807, 2.05) is 0 Å². The maximum atomic E-state index is 11.9.